The number of ketones is 1. The number of hydrogen-bond donors (Lipinski definition) is 1. The van der Waals surface area contributed by atoms with Gasteiger partial charge in [-0.15, -0.1) is 0 Å². The van der Waals surface area contributed by atoms with Crippen LogP contribution in [0.2, 0.25) is 0 Å². The minimum absolute atomic E-state index is 0.00662. The summed E-state index contributed by atoms with van der Waals surface area (Å²) in [5.41, 5.74) is -0.814. The van der Waals surface area contributed by atoms with Crippen molar-refractivity contribution < 1.29 is 48.0 Å². The molecule has 0 spiro atoms. The van der Waals surface area contributed by atoms with Crippen molar-refractivity contribution in [1.29, 1.82) is 0 Å². The molecule has 3 aliphatic rings. The second kappa shape index (κ2) is 10.6. The van der Waals surface area contributed by atoms with Crippen molar-refractivity contribution >= 4 is 29.7 Å². The highest BCUT2D eigenvalue weighted by Crippen LogP contribution is 2.53. The van der Waals surface area contributed by atoms with E-state index in [1.54, 1.807) is 19.9 Å². The molecule has 1 fully saturated rings. The fourth-order valence-corrected chi connectivity index (χ4v) is 6.42. The van der Waals surface area contributed by atoms with Gasteiger partial charge < -0.3 is 24.1 Å². The predicted octanol–water partition coefficient (Wildman–Crippen LogP) is 2.75. The minimum atomic E-state index is -1.39. The first-order valence-corrected chi connectivity index (χ1v) is 12.8. The van der Waals surface area contributed by atoms with Gasteiger partial charge in [-0.1, -0.05) is 13.8 Å². The number of hydrogen-bond acceptors (Lipinski definition) is 10. The second-order valence-corrected chi connectivity index (χ2v) is 11.4. The van der Waals surface area contributed by atoms with Crippen molar-refractivity contribution in [3.8, 4) is 0 Å². The molecule has 0 heterocycles. The third kappa shape index (κ3) is 5.55. The summed E-state index contributed by atoms with van der Waals surface area (Å²) in [4.78, 5) is 63.0. The molecule has 7 atom stereocenters. The van der Waals surface area contributed by atoms with Crippen LogP contribution in [-0.2, 0) is 42.9 Å². The summed E-state index contributed by atoms with van der Waals surface area (Å²) in [5, 5.41) is 11.0. The van der Waals surface area contributed by atoms with Crippen LogP contribution in [0.15, 0.2) is 22.8 Å². The van der Waals surface area contributed by atoms with Crippen molar-refractivity contribution in [3.63, 3.8) is 0 Å². The summed E-state index contributed by atoms with van der Waals surface area (Å²) in [7, 11) is 0. The van der Waals surface area contributed by atoms with Gasteiger partial charge in [0.15, 0.2) is 11.9 Å². The van der Waals surface area contributed by atoms with Gasteiger partial charge in [0.2, 0.25) is 0 Å². The number of aliphatic hydroxyl groups is 1. The Morgan fingerprint density at radius 1 is 0.868 bits per heavy atom. The summed E-state index contributed by atoms with van der Waals surface area (Å²) in [6.45, 7) is 12.0. The summed E-state index contributed by atoms with van der Waals surface area (Å²) in [6, 6.07) is 0. The van der Waals surface area contributed by atoms with Crippen LogP contribution in [0.25, 0.3) is 0 Å². The van der Waals surface area contributed by atoms with Crippen LogP contribution >= 0.6 is 0 Å². The van der Waals surface area contributed by atoms with Gasteiger partial charge in [-0.05, 0) is 54.9 Å². The van der Waals surface area contributed by atoms with Crippen LogP contribution in [-0.4, -0.2) is 65.3 Å². The number of rotatable bonds is 4. The molecule has 3 aliphatic carbocycles. The van der Waals surface area contributed by atoms with Gasteiger partial charge >= 0.3 is 23.9 Å². The van der Waals surface area contributed by atoms with Gasteiger partial charge in [-0.25, -0.2) is 0 Å². The molecule has 4 bridgehead atoms. The third-order valence-electron chi connectivity index (χ3n) is 8.18. The lowest BCUT2D eigenvalue weighted by Crippen LogP contribution is -2.57. The van der Waals surface area contributed by atoms with Crippen molar-refractivity contribution in [1.82, 2.24) is 0 Å². The van der Waals surface area contributed by atoms with E-state index in [0.29, 0.717) is 16.7 Å². The first-order valence-electron chi connectivity index (χ1n) is 12.8. The van der Waals surface area contributed by atoms with Crippen molar-refractivity contribution in [2.45, 2.75) is 105 Å². The lowest BCUT2D eigenvalue weighted by Gasteiger charge is -2.51. The second-order valence-electron chi connectivity index (χ2n) is 11.4. The summed E-state index contributed by atoms with van der Waals surface area (Å²) < 4.78 is 22.7. The first-order chi connectivity index (χ1) is 17.5. The van der Waals surface area contributed by atoms with E-state index in [4.69, 9.17) is 18.9 Å². The first kappa shape index (κ1) is 29.5. The van der Waals surface area contributed by atoms with E-state index in [-0.39, 0.29) is 19.3 Å². The van der Waals surface area contributed by atoms with Crippen LogP contribution in [0.3, 0.4) is 0 Å². The van der Waals surface area contributed by atoms with Crippen LogP contribution in [0.1, 0.15) is 74.7 Å². The highest BCUT2D eigenvalue weighted by atomic mass is 16.6. The Hall–Kier alpha value is -3.01. The summed E-state index contributed by atoms with van der Waals surface area (Å²) in [6.07, 6.45) is -3.22. The Balaban J connectivity index is 2.38. The van der Waals surface area contributed by atoms with E-state index < -0.39 is 76.9 Å². The Morgan fingerprint density at radius 3 is 1.95 bits per heavy atom. The third-order valence-corrected chi connectivity index (χ3v) is 8.18. The van der Waals surface area contributed by atoms with Gasteiger partial charge in [0, 0.05) is 40.0 Å². The molecule has 3 rings (SSSR count). The summed E-state index contributed by atoms with van der Waals surface area (Å²) in [5.74, 6) is -3.39. The minimum Gasteiger partial charge on any atom is -0.461 e. The van der Waals surface area contributed by atoms with Gasteiger partial charge in [0.1, 0.15) is 18.3 Å². The zero-order valence-corrected chi connectivity index (χ0v) is 23.3. The standard InChI is InChI=1S/C28H38O10/c1-13-21(35-14(2)29)10-19-22(36-15(3)30)9-18-12-28(8,23(11-20(18)33)37-16(4)31)26(34)25(38-17(5)32)24(13)27(19,6)7/h9,19-23,25,33H,10-12H2,1-8H3/b18-9+. The van der Waals surface area contributed by atoms with E-state index in [1.165, 1.54) is 27.7 Å². The number of ether oxygens (including phenoxy) is 4. The SMILES string of the molecule is CC(=O)OC1CC2C(OC(C)=O)/C=C3\CC(C)(C(=O)C(OC(C)=O)C(=C1C)C2(C)C)C(OC(C)=O)CC3O. The maximum atomic E-state index is 14.4. The average molecular weight is 535 g/mol. The fraction of sp³-hybridized carbons (Fsp3) is 0.679. The van der Waals surface area contributed by atoms with Gasteiger partial charge in [0.25, 0.3) is 0 Å². The van der Waals surface area contributed by atoms with Crippen molar-refractivity contribution in [3.05, 3.63) is 22.8 Å². The molecular weight excluding hydrogens is 496 g/mol. The van der Waals surface area contributed by atoms with E-state index in [1.807, 2.05) is 13.8 Å². The monoisotopic (exact) mass is 534 g/mol. The molecule has 0 aliphatic heterocycles. The Labute approximate surface area is 222 Å². The van der Waals surface area contributed by atoms with E-state index in [2.05, 4.69) is 0 Å². The lowest BCUT2D eigenvalue weighted by atomic mass is 9.57. The average Bonchev–Trinajstić information content (AvgIpc) is 2.75. The number of Topliss-reactive ketones (excluding diaryl/α,β-unsaturated/α-hetero) is 1. The molecular formula is C28H38O10. The predicted molar refractivity (Wildman–Crippen MR) is 133 cm³/mol. The molecule has 10 heteroatoms. The van der Waals surface area contributed by atoms with Gasteiger partial charge in [-0.3, -0.25) is 24.0 Å². The molecule has 10 nitrogen and oxygen atoms in total. The fourth-order valence-electron chi connectivity index (χ4n) is 6.42. The summed E-state index contributed by atoms with van der Waals surface area (Å²) >= 11 is 0. The van der Waals surface area contributed by atoms with E-state index in [0.717, 1.165) is 0 Å². The smallest absolute Gasteiger partial charge is 0.303 e. The molecule has 7 unspecified atom stereocenters. The Bertz CT molecular complexity index is 1100. The maximum absolute atomic E-state index is 14.4. The van der Waals surface area contributed by atoms with Gasteiger partial charge in [-0.2, -0.15) is 0 Å². The highest BCUT2D eigenvalue weighted by Gasteiger charge is 2.58. The number of esters is 4. The van der Waals surface area contributed by atoms with Crippen LogP contribution in [0.5, 0.6) is 0 Å². The normalized spacial score (nSPS) is 35.8. The quantitative estimate of drug-likeness (QED) is 0.325. The molecule has 0 aromatic rings. The molecule has 0 radical (unpaired) electrons. The zero-order valence-electron chi connectivity index (χ0n) is 23.3. The zero-order chi connectivity index (χ0) is 28.7. The van der Waals surface area contributed by atoms with Crippen molar-refractivity contribution in [2.24, 2.45) is 16.7 Å². The van der Waals surface area contributed by atoms with Crippen LogP contribution < -0.4 is 0 Å². The highest BCUT2D eigenvalue weighted by molar-refractivity contribution is 5.94. The van der Waals surface area contributed by atoms with Crippen LogP contribution in [0.4, 0.5) is 0 Å². The lowest BCUT2D eigenvalue weighted by molar-refractivity contribution is -0.171. The molecule has 0 aromatic heterocycles. The molecule has 0 amide bonds. The van der Waals surface area contributed by atoms with Gasteiger partial charge in [0.05, 0.1) is 11.5 Å². The molecule has 210 valence electrons. The molecule has 0 saturated heterocycles. The van der Waals surface area contributed by atoms with Crippen molar-refractivity contribution in [2.75, 3.05) is 0 Å². The maximum Gasteiger partial charge on any atom is 0.303 e. The number of carbonyl (C=O) groups is 5. The Kier molecular flexibility index (Phi) is 8.27. The van der Waals surface area contributed by atoms with Crippen LogP contribution in [0, 0.1) is 16.7 Å². The molecule has 1 saturated carbocycles. The largest absolute Gasteiger partial charge is 0.461 e. The Morgan fingerprint density at radius 2 is 1.42 bits per heavy atom. The number of carbonyl (C=O) groups excluding carboxylic acids is 5. The number of aliphatic hydroxyl groups excluding tert-OH is 1. The number of fused-ring (bicyclic) bond motifs is 4. The molecule has 0 aromatic carbocycles. The topological polar surface area (TPSA) is 142 Å². The molecule has 38 heavy (non-hydrogen) atoms. The molecule has 1 N–H and O–H groups in total. The van der Waals surface area contributed by atoms with E-state index in [9.17, 15) is 29.1 Å². The van der Waals surface area contributed by atoms with E-state index >= 15 is 0 Å².